The maximum Gasteiger partial charge on any atom is 0.322 e. The molecule has 1 atom stereocenters. The predicted molar refractivity (Wildman–Crippen MR) is 118 cm³/mol. The van der Waals surface area contributed by atoms with Crippen molar-refractivity contribution in [3.8, 4) is 0 Å². The first-order chi connectivity index (χ1) is 14.3. The number of carbonyl (C=O) groups is 1. The third kappa shape index (κ3) is 3.89. The van der Waals surface area contributed by atoms with E-state index in [0.717, 1.165) is 31.4 Å². The zero-order valence-corrected chi connectivity index (χ0v) is 18.3. The van der Waals surface area contributed by atoms with E-state index < -0.39 is 11.1 Å². The Morgan fingerprint density at radius 3 is 2.40 bits per heavy atom. The summed E-state index contributed by atoms with van der Waals surface area (Å²) in [4.78, 5) is 16.9. The molecule has 6 nitrogen and oxygen atoms in total. The van der Waals surface area contributed by atoms with E-state index in [9.17, 15) is 13.6 Å². The number of amides is 2. The molecule has 0 aromatic heterocycles. The van der Waals surface area contributed by atoms with Gasteiger partial charge in [-0.25, -0.2) is 4.79 Å². The number of hydrogen-bond acceptors (Lipinski definition) is 4. The third-order valence-corrected chi connectivity index (χ3v) is 7.36. The van der Waals surface area contributed by atoms with Gasteiger partial charge in [-0.3, -0.25) is 14.0 Å². The third-order valence-electron chi connectivity index (χ3n) is 6.79. The standard InChI is InChI=1S/C23H29N3O3S/c1-25(2)23(19-8-4-3-5-9-19)13-11-22(12-14-23)17-26(21(27)24-22)20-10-6-7-18(15-20)16-30(28)29/h3-10,15H,11-14,16-17H2,1-2H3,(H,24,27)(H,28,29)/p-1. The fourth-order valence-electron chi connectivity index (χ4n) is 5.03. The van der Waals surface area contributed by atoms with Crippen LogP contribution in [0.5, 0.6) is 0 Å². The summed E-state index contributed by atoms with van der Waals surface area (Å²) < 4.78 is 22.1. The Morgan fingerprint density at radius 1 is 1.07 bits per heavy atom. The van der Waals surface area contributed by atoms with Gasteiger partial charge in [-0.05, 0) is 63.0 Å². The van der Waals surface area contributed by atoms with E-state index in [1.165, 1.54) is 5.56 Å². The normalized spacial score (nSPS) is 27.5. The Kier molecular flexibility index (Phi) is 5.70. The van der Waals surface area contributed by atoms with E-state index in [2.05, 4.69) is 48.6 Å². The lowest BCUT2D eigenvalue weighted by atomic mass is 9.69. The van der Waals surface area contributed by atoms with Gasteiger partial charge in [-0.1, -0.05) is 53.5 Å². The number of nitrogens with one attached hydrogen (secondary N) is 1. The van der Waals surface area contributed by atoms with Gasteiger partial charge in [-0.15, -0.1) is 0 Å². The molecule has 4 rings (SSSR count). The summed E-state index contributed by atoms with van der Waals surface area (Å²) in [6, 6.07) is 17.8. The average Bonchev–Trinajstić information content (AvgIpc) is 3.05. The SMILES string of the molecule is CN(C)C1(c2ccccc2)CCC2(CC1)CN(c1cccc(CS(=O)[O-])c1)C(=O)N2. The molecule has 2 amide bonds. The molecule has 1 heterocycles. The van der Waals surface area contributed by atoms with Crippen LogP contribution in [0, 0.1) is 0 Å². The van der Waals surface area contributed by atoms with Gasteiger partial charge < -0.3 is 9.87 Å². The first-order valence-electron chi connectivity index (χ1n) is 10.3. The van der Waals surface area contributed by atoms with Crippen molar-refractivity contribution >= 4 is 22.8 Å². The van der Waals surface area contributed by atoms with Crippen molar-refractivity contribution in [3.63, 3.8) is 0 Å². The van der Waals surface area contributed by atoms with Crippen molar-refractivity contribution in [1.82, 2.24) is 10.2 Å². The first kappa shape index (κ1) is 21.0. The van der Waals surface area contributed by atoms with Crippen LogP contribution in [0.25, 0.3) is 0 Å². The topological polar surface area (TPSA) is 75.7 Å². The van der Waals surface area contributed by atoms with Gasteiger partial charge in [0.1, 0.15) is 0 Å². The van der Waals surface area contributed by atoms with E-state index in [4.69, 9.17) is 0 Å². The molecule has 2 fully saturated rings. The maximum absolute atomic E-state index is 12.8. The van der Waals surface area contributed by atoms with E-state index in [0.29, 0.717) is 12.1 Å². The van der Waals surface area contributed by atoms with E-state index in [1.807, 2.05) is 18.2 Å². The molecule has 1 aliphatic heterocycles. The highest BCUT2D eigenvalue weighted by Crippen LogP contribution is 2.46. The van der Waals surface area contributed by atoms with Gasteiger partial charge in [0.2, 0.25) is 0 Å². The van der Waals surface area contributed by atoms with Crippen LogP contribution in [0.1, 0.15) is 36.8 Å². The second-order valence-electron chi connectivity index (χ2n) is 8.71. The van der Waals surface area contributed by atoms with Crippen LogP contribution in [-0.4, -0.2) is 45.9 Å². The van der Waals surface area contributed by atoms with Crippen LogP contribution in [-0.2, 0) is 22.4 Å². The number of carbonyl (C=O) groups excluding carboxylic acids is 1. The van der Waals surface area contributed by atoms with Crippen molar-refractivity contribution in [2.24, 2.45) is 0 Å². The van der Waals surface area contributed by atoms with Crippen molar-refractivity contribution in [1.29, 1.82) is 0 Å². The summed E-state index contributed by atoms with van der Waals surface area (Å²) in [5.41, 5.74) is 2.49. The fourth-order valence-corrected chi connectivity index (χ4v) is 5.49. The monoisotopic (exact) mass is 426 g/mol. The molecule has 160 valence electrons. The Labute approximate surface area is 180 Å². The highest BCUT2D eigenvalue weighted by Gasteiger charge is 2.50. The smallest absolute Gasteiger partial charge is 0.322 e. The molecule has 1 unspecified atom stereocenters. The van der Waals surface area contributed by atoms with E-state index >= 15 is 0 Å². The molecule has 1 saturated heterocycles. The number of rotatable bonds is 5. The lowest BCUT2D eigenvalue weighted by molar-refractivity contribution is 0.0658. The maximum atomic E-state index is 12.8. The van der Waals surface area contributed by atoms with E-state index in [-0.39, 0.29) is 22.9 Å². The first-order valence-corrected chi connectivity index (χ1v) is 11.6. The molecular weight excluding hydrogens is 398 g/mol. The Hall–Kier alpha value is -2.22. The van der Waals surface area contributed by atoms with Crippen molar-refractivity contribution in [3.05, 3.63) is 65.7 Å². The highest BCUT2D eigenvalue weighted by molar-refractivity contribution is 7.78. The molecule has 2 aliphatic rings. The highest BCUT2D eigenvalue weighted by atomic mass is 32.2. The zero-order valence-electron chi connectivity index (χ0n) is 17.5. The summed E-state index contributed by atoms with van der Waals surface area (Å²) in [7, 11) is 4.27. The zero-order chi connectivity index (χ0) is 21.4. The lowest BCUT2D eigenvalue weighted by Gasteiger charge is -2.48. The van der Waals surface area contributed by atoms with E-state index in [1.54, 1.807) is 17.0 Å². The fraction of sp³-hybridized carbons (Fsp3) is 0.435. The summed E-state index contributed by atoms with van der Waals surface area (Å²) >= 11 is -2.15. The second kappa shape index (κ2) is 8.13. The summed E-state index contributed by atoms with van der Waals surface area (Å²) in [6.45, 7) is 0.605. The minimum absolute atomic E-state index is 0.0250. The lowest BCUT2D eigenvalue weighted by Crippen LogP contribution is -2.54. The van der Waals surface area contributed by atoms with Gasteiger partial charge in [-0.2, -0.15) is 0 Å². The molecule has 1 saturated carbocycles. The molecule has 1 spiro atoms. The van der Waals surface area contributed by atoms with Crippen LogP contribution >= 0.6 is 0 Å². The number of nitrogens with zero attached hydrogens (tertiary/aromatic N) is 2. The Morgan fingerprint density at radius 2 is 1.77 bits per heavy atom. The van der Waals surface area contributed by atoms with Gasteiger partial charge in [0, 0.05) is 17.0 Å². The molecule has 0 radical (unpaired) electrons. The number of urea groups is 1. The largest absolute Gasteiger partial charge is 0.772 e. The van der Waals surface area contributed by atoms with Crippen LogP contribution in [0.4, 0.5) is 10.5 Å². The Balaban J connectivity index is 1.53. The molecule has 7 heteroatoms. The van der Waals surface area contributed by atoms with Crippen LogP contribution in [0.3, 0.4) is 0 Å². The summed E-state index contributed by atoms with van der Waals surface area (Å²) in [6.07, 6.45) is 3.72. The van der Waals surface area contributed by atoms with Gasteiger partial charge in [0.15, 0.2) is 0 Å². The number of benzene rings is 2. The van der Waals surface area contributed by atoms with Gasteiger partial charge in [0.25, 0.3) is 0 Å². The minimum Gasteiger partial charge on any atom is -0.772 e. The summed E-state index contributed by atoms with van der Waals surface area (Å²) in [5.74, 6) is -0.0448. The summed E-state index contributed by atoms with van der Waals surface area (Å²) in [5, 5.41) is 3.25. The van der Waals surface area contributed by atoms with Crippen molar-refractivity contribution in [2.75, 3.05) is 25.5 Å². The minimum atomic E-state index is -2.15. The molecule has 2 aromatic rings. The van der Waals surface area contributed by atoms with Crippen LogP contribution < -0.4 is 10.2 Å². The number of anilines is 1. The molecule has 1 aliphatic carbocycles. The van der Waals surface area contributed by atoms with Gasteiger partial charge in [0.05, 0.1) is 12.1 Å². The van der Waals surface area contributed by atoms with Crippen molar-refractivity contribution in [2.45, 2.75) is 42.5 Å². The van der Waals surface area contributed by atoms with Crippen LogP contribution in [0.15, 0.2) is 54.6 Å². The molecule has 0 bridgehead atoms. The average molecular weight is 427 g/mol. The number of hydrogen-bond donors (Lipinski definition) is 1. The molecule has 2 aromatic carbocycles. The quantitative estimate of drug-likeness (QED) is 0.744. The Bertz CT molecular complexity index is 940. The molecule has 1 N–H and O–H groups in total. The van der Waals surface area contributed by atoms with Crippen LogP contribution in [0.2, 0.25) is 0 Å². The second-order valence-corrected chi connectivity index (χ2v) is 9.60. The van der Waals surface area contributed by atoms with Gasteiger partial charge >= 0.3 is 6.03 Å². The predicted octanol–water partition coefficient (Wildman–Crippen LogP) is 3.37. The van der Waals surface area contributed by atoms with Crippen molar-refractivity contribution < 1.29 is 13.6 Å². The molecular formula is C23H28N3O3S-. The molecule has 30 heavy (non-hydrogen) atoms.